The quantitative estimate of drug-likeness (QED) is 0.614. The number of halogens is 1. The largest absolute Gasteiger partial charge is 0.309 e. The second kappa shape index (κ2) is 8.55. The van der Waals surface area contributed by atoms with Crippen LogP contribution < -0.4 is 5.32 Å². The first-order valence-electron chi connectivity index (χ1n) is 8.64. The van der Waals surface area contributed by atoms with Crippen LogP contribution in [-0.2, 0) is 0 Å². The van der Waals surface area contributed by atoms with Crippen molar-refractivity contribution in [2.24, 2.45) is 11.8 Å². The first kappa shape index (κ1) is 17.3. The molecule has 2 rings (SSSR count). The van der Waals surface area contributed by atoms with Crippen LogP contribution >= 0.6 is 22.9 Å². The third kappa shape index (κ3) is 4.71. The Labute approximate surface area is 139 Å². The zero-order chi connectivity index (χ0) is 15.2. The second-order valence-corrected chi connectivity index (χ2v) is 8.25. The van der Waals surface area contributed by atoms with E-state index >= 15 is 0 Å². The zero-order valence-electron chi connectivity index (χ0n) is 13.8. The van der Waals surface area contributed by atoms with Crippen LogP contribution in [-0.4, -0.2) is 6.54 Å². The van der Waals surface area contributed by atoms with Crippen LogP contribution in [0.4, 0.5) is 0 Å². The fourth-order valence-electron chi connectivity index (χ4n) is 3.66. The summed E-state index contributed by atoms with van der Waals surface area (Å²) >= 11 is 8.06. The van der Waals surface area contributed by atoms with Crippen molar-refractivity contribution in [1.82, 2.24) is 5.32 Å². The highest BCUT2D eigenvalue weighted by Crippen LogP contribution is 2.41. The van der Waals surface area contributed by atoms with Gasteiger partial charge in [0.05, 0.1) is 4.34 Å². The van der Waals surface area contributed by atoms with Crippen LogP contribution in [0.25, 0.3) is 0 Å². The van der Waals surface area contributed by atoms with E-state index in [4.69, 9.17) is 11.6 Å². The maximum Gasteiger partial charge on any atom is 0.0960 e. The molecule has 1 unspecified atom stereocenters. The normalized spacial score (nSPS) is 24.2. The fraction of sp³-hybridized carbons (Fsp3) is 0.778. The maximum atomic E-state index is 6.28. The van der Waals surface area contributed by atoms with Crippen LogP contribution in [0.15, 0.2) is 6.07 Å². The second-order valence-electron chi connectivity index (χ2n) is 6.56. The van der Waals surface area contributed by atoms with Crippen LogP contribution in [0.3, 0.4) is 0 Å². The lowest BCUT2D eigenvalue weighted by Crippen LogP contribution is -2.30. The summed E-state index contributed by atoms with van der Waals surface area (Å²) in [6, 6.07) is 2.81. The van der Waals surface area contributed by atoms with Crippen LogP contribution in [0.5, 0.6) is 0 Å². The molecule has 0 bridgehead atoms. The minimum Gasteiger partial charge on any atom is -0.309 e. The van der Waals surface area contributed by atoms with Crippen molar-refractivity contribution in [3.05, 3.63) is 20.8 Å². The summed E-state index contributed by atoms with van der Waals surface area (Å²) in [7, 11) is 0. The van der Waals surface area contributed by atoms with Gasteiger partial charge >= 0.3 is 0 Å². The molecule has 1 fully saturated rings. The van der Waals surface area contributed by atoms with Gasteiger partial charge in [-0.3, -0.25) is 0 Å². The first-order valence-corrected chi connectivity index (χ1v) is 9.84. The number of hydrogen-bond acceptors (Lipinski definition) is 2. The smallest absolute Gasteiger partial charge is 0.0960 e. The van der Waals surface area contributed by atoms with Crippen LogP contribution in [0.2, 0.25) is 4.34 Å². The van der Waals surface area contributed by atoms with Crippen molar-refractivity contribution in [2.75, 3.05) is 6.54 Å². The Morgan fingerprint density at radius 2 is 2.00 bits per heavy atom. The number of unbranched alkanes of at least 4 members (excludes halogenated alkanes) is 1. The molecular weight excluding hydrogens is 298 g/mol. The topological polar surface area (TPSA) is 12.0 Å². The van der Waals surface area contributed by atoms with Gasteiger partial charge in [-0.05, 0) is 49.8 Å². The third-order valence-electron chi connectivity index (χ3n) is 4.94. The van der Waals surface area contributed by atoms with E-state index in [2.05, 4.69) is 32.2 Å². The molecule has 1 aromatic rings. The standard InChI is InChI=1S/C18H30ClNS/c1-4-6-7-14-8-10-15(11-9-14)17(20-5-2)16-12-13(3)18(19)21-16/h12,14-15,17,20H,4-11H2,1-3H3. The Morgan fingerprint density at radius 1 is 1.29 bits per heavy atom. The molecule has 0 amide bonds. The van der Waals surface area contributed by atoms with Crippen LogP contribution in [0.1, 0.15) is 75.3 Å². The monoisotopic (exact) mass is 327 g/mol. The molecule has 120 valence electrons. The molecule has 1 atom stereocenters. The van der Waals surface area contributed by atoms with E-state index in [1.807, 2.05) is 0 Å². The molecule has 1 aromatic heterocycles. The van der Waals surface area contributed by atoms with E-state index in [1.165, 1.54) is 55.4 Å². The molecule has 0 radical (unpaired) electrons. The molecule has 1 saturated carbocycles. The van der Waals surface area contributed by atoms with Gasteiger partial charge in [0.15, 0.2) is 0 Å². The van der Waals surface area contributed by atoms with Crippen molar-refractivity contribution in [2.45, 2.75) is 71.8 Å². The van der Waals surface area contributed by atoms with Crippen molar-refractivity contribution in [3.63, 3.8) is 0 Å². The van der Waals surface area contributed by atoms with Crippen LogP contribution in [0, 0.1) is 18.8 Å². The van der Waals surface area contributed by atoms with Gasteiger partial charge in [-0.25, -0.2) is 0 Å². The minimum absolute atomic E-state index is 0.512. The lowest BCUT2D eigenvalue weighted by atomic mass is 9.76. The summed E-state index contributed by atoms with van der Waals surface area (Å²) in [5.41, 5.74) is 1.23. The molecule has 0 spiro atoms. The Kier molecular flexibility index (Phi) is 7.04. The Bertz CT molecular complexity index is 401. The maximum absolute atomic E-state index is 6.28. The Morgan fingerprint density at radius 3 is 2.52 bits per heavy atom. The van der Waals surface area contributed by atoms with Crippen molar-refractivity contribution in [3.8, 4) is 0 Å². The van der Waals surface area contributed by atoms with Gasteiger partial charge in [0.1, 0.15) is 0 Å². The summed E-state index contributed by atoms with van der Waals surface area (Å²) in [6.45, 7) is 7.67. The van der Waals surface area contributed by atoms with Gasteiger partial charge in [-0.1, -0.05) is 57.6 Å². The highest BCUT2D eigenvalue weighted by molar-refractivity contribution is 7.16. The number of nitrogens with one attached hydrogen (secondary N) is 1. The predicted octanol–water partition coefficient (Wildman–Crippen LogP) is 6.36. The first-order chi connectivity index (χ1) is 10.2. The van der Waals surface area contributed by atoms with Gasteiger partial charge in [0, 0.05) is 10.9 Å². The summed E-state index contributed by atoms with van der Waals surface area (Å²) in [4.78, 5) is 1.44. The number of rotatable bonds is 7. The highest BCUT2D eigenvalue weighted by atomic mass is 35.5. The number of hydrogen-bond donors (Lipinski definition) is 1. The van der Waals surface area contributed by atoms with E-state index in [1.54, 1.807) is 11.3 Å². The summed E-state index contributed by atoms with van der Waals surface area (Å²) < 4.78 is 0.963. The third-order valence-corrected chi connectivity index (χ3v) is 6.57. The molecule has 3 heteroatoms. The van der Waals surface area contributed by atoms with Gasteiger partial charge in [0.2, 0.25) is 0 Å². The molecule has 1 nitrogen and oxygen atoms in total. The molecule has 1 heterocycles. The van der Waals surface area contributed by atoms with E-state index in [0.717, 1.165) is 22.7 Å². The molecule has 1 N–H and O–H groups in total. The van der Waals surface area contributed by atoms with E-state index < -0.39 is 0 Å². The molecule has 1 aliphatic carbocycles. The highest BCUT2D eigenvalue weighted by Gasteiger charge is 2.29. The van der Waals surface area contributed by atoms with E-state index in [9.17, 15) is 0 Å². The van der Waals surface area contributed by atoms with Crippen molar-refractivity contribution in [1.29, 1.82) is 0 Å². The average Bonchev–Trinajstić information content (AvgIpc) is 2.82. The number of aryl methyl sites for hydroxylation is 1. The summed E-state index contributed by atoms with van der Waals surface area (Å²) in [5, 5.41) is 3.72. The molecule has 21 heavy (non-hydrogen) atoms. The lowest BCUT2D eigenvalue weighted by Gasteiger charge is -2.34. The molecule has 0 saturated heterocycles. The van der Waals surface area contributed by atoms with Crippen molar-refractivity contribution < 1.29 is 0 Å². The summed E-state index contributed by atoms with van der Waals surface area (Å²) in [5.74, 6) is 1.77. The lowest BCUT2D eigenvalue weighted by molar-refractivity contribution is 0.216. The molecule has 0 aliphatic heterocycles. The predicted molar refractivity (Wildman–Crippen MR) is 95.5 cm³/mol. The van der Waals surface area contributed by atoms with Gasteiger partial charge in [-0.2, -0.15) is 0 Å². The fourth-order valence-corrected chi connectivity index (χ4v) is 5.05. The van der Waals surface area contributed by atoms with E-state index in [0.29, 0.717) is 6.04 Å². The Balaban J connectivity index is 1.97. The van der Waals surface area contributed by atoms with E-state index in [-0.39, 0.29) is 0 Å². The average molecular weight is 328 g/mol. The van der Waals surface area contributed by atoms with Gasteiger partial charge < -0.3 is 5.32 Å². The number of thiophene rings is 1. The van der Waals surface area contributed by atoms with Gasteiger partial charge in [0.25, 0.3) is 0 Å². The molecule has 1 aliphatic rings. The molecular formula is C18H30ClNS. The minimum atomic E-state index is 0.512. The molecule has 0 aromatic carbocycles. The Hall–Kier alpha value is -0.0500. The zero-order valence-corrected chi connectivity index (χ0v) is 15.3. The van der Waals surface area contributed by atoms with Gasteiger partial charge in [-0.15, -0.1) is 11.3 Å². The van der Waals surface area contributed by atoms with Crippen molar-refractivity contribution >= 4 is 22.9 Å². The summed E-state index contributed by atoms with van der Waals surface area (Å²) in [6.07, 6.45) is 9.79. The SMILES string of the molecule is CCCCC1CCC(C(NCC)c2cc(C)c(Cl)s2)CC1.